The molecule has 0 fully saturated rings. The molecule has 1 aliphatic rings. The molecular weight excluding hydrogens is 518 g/mol. The van der Waals surface area contributed by atoms with E-state index in [4.69, 9.17) is 9.47 Å². The highest BCUT2D eigenvalue weighted by atomic mass is 16.5. The Hall–Kier alpha value is -4.83. The number of ether oxygens (including phenoxy) is 2. The quantitative estimate of drug-likeness (QED) is 0.231. The van der Waals surface area contributed by atoms with Crippen molar-refractivity contribution < 1.29 is 14.3 Å². The lowest BCUT2D eigenvalue weighted by atomic mass is 9.99. The Labute approximate surface area is 238 Å². The van der Waals surface area contributed by atoms with Crippen LogP contribution in [0.15, 0.2) is 72.9 Å². The zero-order valence-electron chi connectivity index (χ0n) is 23.2. The first-order valence-electron chi connectivity index (χ1n) is 13.7. The number of amides is 1. The summed E-state index contributed by atoms with van der Waals surface area (Å²) in [4.78, 5) is 18.5. The SMILES string of the molecule is COc1cc2c(cc1OC)CN(CCn1cc(CNc3ccccc3NC(=O)c3cc4ccccc4[nH]3)nn1)CC2. The maximum absolute atomic E-state index is 12.9. The summed E-state index contributed by atoms with van der Waals surface area (Å²) in [6, 6.07) is 21.5. The van der Waals surface area contributed by atoms with Gasteiger partial charge in [0.1, 0.15) is 11.4 Å². The fraction of sp³-hybridized carbons (Fsp3) is 0.258. The average Bonchev–Trinajstić information content (AvgIpc) is 3.66. The third-order valence-electron chi connectivity index (χ3n) is 7.44. The van der Waals surface area contributed by atoms with E-state index in [0.717, 1.165) is 66.4 Å². The Balaban J connectivity index is 1.03. The largest absolute Gasteiger partial charge is 0.493 e. The van der Waals surface area contributed by atoms with Gasteiger partial charge in [-0.15, -0.1) is 5.10 Å². The van der Waals surface area contributed by atoms with Gasteiger partial charge in [-0.3, -0.25) is 14.4 Å². The van der Waals surface area contributed by atoms with E-state index >= 15 is 0 Å². The summed E-state index contributed by atoms with van der Waals surface area (Å²) >= 11 is 0. The molecule has 1 amide bonds. The Morgan fingerprint density at radius 1 is 0.951 bits per heavy atom. The summed E-state index contributed by atoms with van der Waals surface area (Å²) in [6.07, 6.45) is 2.93. The number of fused-ring (bicyclic) bond motifs is 2. The average molecular weight is 552 g/mol. The molecule has 0 bridgehead atoms. The maximum atomic E-state index is 12.9. The van der Waals surface area contributed by atoms with Crippen LogP contribution in [0.4, 0.5) is 11.4 Å². The molecule has 10 heteroatoms. The minimum absolute atomic E-state index is 0.195. The number of carbonyl (C=O) groups is 1. The van der Waals surface area contributed by atoms with Gasteiger partial charge in [-0.05, 0) is 53.9 Å². The smallest absolute Gasteiger partial charge is 0.272 e. The topological polar surface area (TPSA) is 109 Å². The van der Waals surface area contributed by atoms with Gasteiger partial charge in [0.15, 0.2) is 11.5 Å². The van der Waals surface area contributed by atoms with Crippen molar-refractivity contribution in [2.45, 2.75) is 26.1 Å². The fourth-order valence-corrected chi connectivity index (χ4v) is 5.22. The molecule has 0 saturated carbocycles. The number of methoxy groups -OCH3 is 2. The summed E-state index contributed by atoms with van der Waals surface area (Å²) in [5, 5.41) is 16.1. The monoisotopic (exact) mass is 551 g/mol. The van der Waals surface area contributed by atoms with E-state index in [2.05, 4.69) is 43.0 Å². The Morgan fingerprint density at radius 2 is 1.71 bits per heavy atom. The molecule has 5 aromatic rings. The van der Waals surface area contributed by atoms with Gasteiger partial charge in [-0.2, -0.15) is 0 Å². The van der Waals surface area contributed by atoms with Crippen molar-refractivity contribution in [1.82, 2.24) is 24.9 Å². The predicted octanol–water partition coefficient (Wildman–Crippen LogP) is 4.70. The van der Waals surface area contributed by atoms with Gasteiger partial charge in [0.05, 0.1) is 44.9 Å². The number of nitrogens with one attached hydrogen (secondary N) is 3. The van der Waals surface area contributed by atoms with Crippen LogP contribution in [0.2, 0.25) is 0 Å². The normalized spacial score (nSPS) is 13.1. The van der Waals surface area contributed by atoms with Crippen LogP contribution in [0.25, 0.3) is 10.9 Å². The lowest BCUT2D eigenvalue weighted by Gasteiger charge is -2.29. The number of anilines is 2. The summed E-state index contributed by atoms with van der Waals surface area (Å²) < 4.78 is 12.8. The van der Waals surface area contributed by atoms with Gasteiger partial charge in [0, 0.05) is 30.5 Å². The second-order valence-electron chi connectivity index (χ2n) is 10.1. The highest BCUT2D eigenvalue weighted by Crippen LogP contribution is 2.33. The molecule has 2 aromatic heterocycles. The van der Waals surface area contributed by atoms with Crippen molar-refractivity contribution in [3.8, 4) is 11.5 Å². The molecule has 3 aromatic carbocycles. The first kappa shape index (κ1) is 26.4. The highest BCUT2D eigenvalue weighted by Gasteiger charge is 2.19. The lowest BCUT2D eigenvalue weighted by molar-refractivity contribution is 0.102. The van der Waals surface area contributed by atoms with Crippen molar-refractivity contribution in [1.29, 1.82) is 0 Å². The van der Waals surface area contributed by atoms with Gasteiger partial charge in [-0.25, -0.2) is 0 Å². The van der Waals surface area contributed by atoms with Crippen LogP contribution in [-0.2, 0) is 26.1 Å². The molecule has 6 rings (SSSR count). The number of benzene rings is 3. The molecule has 0 atom stereocenters. The molecule has 10 nitrogen and oxygen atoms in total. The van der Waals surface area contributed by atoms with Crippen molar-refractivity contribution in [3.63, 3.8) is 0 Å². The first-order valence-corrected chi connectivity index (χ1v) is 13.7. The van der Waals surface area contributed by atoms with E-state index in [1.807, 2.05) is 65.5 Å². The standard InChI is InChI=1S/C31H33N7O3/c1-40-29-16-21-11-12-37(19-23(21)17-30(29)41-2)13-14-38-20-24(35-36-38)18-32-26-9-5-6-10-27(26)34-31(39)28-15-22-7-3-4-8-25(22)33-28/h3-10,15-17,20,32-33H,11-14,18-19H2,1-2H3,(H,34,39). The van der Waals surface area contributed by atoms with Crippen LogP contribution in [0, 0.1) is 0 Å². The van der Waals surface area contributed by atoms with Crippen LogP contribution in [0.1, 0.15) is 27.3 Å². The third kappa shape index (κ3) is 5.87. The summed E-state index contributed by atoms with van der Waals surface area (Å²) in [7, 11) is 3.34. The molecule has 0 aliphatic carbocycles. The van der Waals surface area contributed by atoms with Crippen LogP contribution in [-0.4, -0.2) is 58.1 Å². The number of H-pyrrole nitrogens is 1. The van der Waals surface area contributed by atoms with E-state index in [9.17, 15) is 4.79 Å². The van der Waals surface area contributed by atoms with Crippen LogP contribution < -0.4 is 20.1 Å². The molecule has 1 aliphatic heterocycles. The van der Waals surface area contributed by atoms with E-state index in [1.54, 1.807) is 14.2 Å². The Bertz CT molecular complexity index is 1640. The van der Waals surface area contributed by atoms with Gasteiger partial charge >= 0.3 is 0 Å². The zero-order chi connectivity index (χ0) is 28.2. The van der Waals surface area contributed by atoms with Crippen molar-refractivity contribution in [3.05, 3.63) is 95.4 Å². The molecule has 0 spiro atoms. The van der Waals surface area contributed by atoms with Crippen LogP contribution in [0.3, 0.4) is 0 Å². The summed E-state index contributed by atoms with van der Waals surface area (Å²) in [5.74, 6) is 1.35. The molecule has 3 N–H and O–H groups in total. The van der Waals surface area contributed by atoms with Gasteiger partial charge < -0.3 is 25.1 Å². The number of rotatable bonds is 10. The minimum Gasteiger partial charge on any atom is -0.493 e. The molecule has 3 heterocycles. The maximum Gasteiger partial charge on any atom is 0.272 e. The zero-order valence-corrected chi connectivity index (χ0v) is 23.2. The highest BCUT2D eigenvalue weighted by molar-refractivity contribution is 6.07. The molecule has 0 radical (unpaired) electrons. The second kappa shape index (κ2) is 11.7. The Morgan fingerprint density at radius 3 is 2.51 bits per heavy atom. The first-order chi connectivity index (χ1) is 20.1. The number of aromatic nitrogens is 4. The second-order valence-corrected chi connectivity index (χ2v) is 10.1. The van der Waals surface area contributed by atoms with E-state index in [-0.39, 0.29) is 5.91 Å². The van der Waals surface area contributed by atoms with Crippen molar-refractivity contribution >= 4 is 28.2 Å². The number of aromatic amines is 1. The van der Waals surface area contributed by atoms with Gasteiger partial charge in [0.25, 0.3) is 5.91 Å². The molecule has 0 unspecified atom stereocenters. The molecule has 0 saturated heterocycles. The number of carbonyl (C=O) groups excluding carboxylic acids is 1. The van der Waals surface area contributed by atoms with Crippen molar-refractivity contribution in [2.75, 3.05) is 37.9 Å². The van der Waals surface area contributed by atoms with Gasteiger partial charge in [-0.1, -0.05) is 35.5 Å². The van der Waals surface area contributed by atoms with Crippen molar-refractivity contribution in [2.24, 2.45) is 0 Å². The fourth-order valence-electron chi connectivity index (χ4n) is 5.22. The van der Waals surface area contributed by atoms with Gasteiger partial charge in [0.2, 0.25) is 0 Å². The number of hydrogen-bond acceptors (Lipinski definition) is 7. The Kier molecular flexibility index (Phi) is 7.55. The molecule has 41 heavy (non-hydrogen) atoms. The van der Waals surface area contributed by atoms with Crippen LogP contribution in [0.5, 0.6) is 11.5 Å². The molecular formula is C31H33N7O3. The minimum atomic E-state index is -0.195. The summed E-state index contributed by atoms with van der Waals surface area (Å²) in [5.41, 5.74) is 6.35. The summed E-state index contributed by atoms with van der Waals surface area (Å²) in [6.45, 7) is 3.93. The predicted molar refractivity (Wildman–Crippen MR) is 159 cm³/mol. The third-order valence-corrected chi connectivity index (χ3v) is 7.44. The molecule has 210 valence electrons. The van der Waals surface area contributed by atoms with Crippen LogP contribution >= 0.6 is 0 Å². The number of hydrogen-bond donors (Lipinski definition) is 3. The number of para-hydroxylation sites is 3. The van der Waals surface area contributed by atoms with E-state index < -0.39 is 0 Å². The lowest BCUT2D eigenvalue weighted by Crippen LogP contribution is -2.33. The van der Waals surface area contributed by atoms with E-state index in [0.29, 0.717) is 17.9 Å². The number of nitrogens with zero attached hydrogens (tertiary/aromatic N) is 4. The van der Waals surface area contributed by atoms with E-state index in [1.165, 1.54) is 11.1 Å².